The van der Waals surface area contributed by atoms with Gasteiger partial charge in [0.1, 0.15) is 11.9 Å². The van der Waals surface area contributed by atoms with Crippen molar-refractivity contribution in [1.82, 2.24) is 5.32 Å². The van der Waals surface area contributed by atoms with Crippen LogP contribution in [0.25, 0.3) is 0 Å². The highest BCUT2D eigenvalue weighted by atomic mass is 35.5. The fraction of sp³-hybridized carbons (Fsp3) is 0.588. The summed E-state index contributed by atoms with van der Waals surface area (Å²) >= 11 is 0. The molecule has 0 saturated carbocycles. The van der Waals surface area contributed by atoms with Crippen LogP contribution in [-0.4, -0.2) is 36.8 Å². The first kappa shape index (κ1) is 18.0. The van der Waals surface area contributed by atoms with E-state index in [0.717, 1.165) is 5.75 Å². The van der Waals surface area contributed by atoms with E-state index in [1.165, 1.54) is 5.56 Å². The molecule has 23 heavy (non-hydrogen) atoms. The molecule has 2 heterocycles. The van der Waals surface area contributed by atoms with Gasteiger partial charge in [0.25, 0.3) is 0 Å². The number of rotatable bonds is 3. The van der Waals surface area contributed by atoms with E-state index in [-0.39, 0.29) is 36.4 Å². The topological polar surface area (TPSA) is 73.6 Å². The Balaban J connectivity index is 0.00000192. The number of para-hydroxylation sites is 1. The quantitative estimate of drug-likeness (QED) is 0.882. The minimum atomic E-state index is -0.818. The van der Waals surface area contributed by atoms with Crippen molar-refractivity contribution < 1.29 is 14.3 Å². The Kier molecular flexibility index (Phi) is 5.55. The van der Waals surface area contributed by atoms with Crippen molar-refractivity contribution in [2.24, 2.45) is 5.73 Å². The standard InChI is InChI=1S/C17H24N2O3.ClH/c1-11-13-5-3-4-6-14(13)22-15(11)12(2)19-16(20)17(18)7-9-21-10-8-17;/h3-6,11-12,15H,7-10,18H2,1-2H3,(H,19,20);1H. The van der Waals surface area contributed by atoms with Crippen LogP contribution < -0.4 is 15.8 Å². The molecule has 1 fully saturated rings. The molecule has 2 aliphatic heterocycles. The molecule has 0 bridgehead atoms. The molecule has 0 aromatic heterocycles. The Hall–Kier alpha value is -1.30. The van der Waals surface area contributed by atoms with E-state index in [0.29, 0.717) is 26.1 Å². The van der Waals surface area contributed by atoms with Crippen LogP contribution in [0.1, 0.15) is 38.2 Å². The number of nitrogens with two attached hydrogens (primary N) is 1. The zero-order chi connectivity index (χ0) is 15.7. The Morgan fingerprint density at radius 1 is 1.35 bits per heavy atom. The Morgan fingerprint density at radius 3 is 2.65 bits per heavy atom. The fourth-order valence-electron chi connectivity index (χ4n) is 3.32. The van der Waals surface area contributed by atoms with Crippen molar-refractivity contribution in [1.29, 1.82) is 0 Å². The number of halogens is 1. The smallest absolute Gasteiger partial charge is 0.240 e. The number of ether oxygens (including phenoxy) is 2. The van der Waals surface area contributed by atoms with E-state index in [2.05, 4.69) is 18.3 Å². The molecule has 1 aromatic rings. The highest BCUT2D eigenvalue weighted by Crippen LogP contribution is 2.38. The van der Waals surface area contributed by atoms with E-state index in [1.54, 1.807) is 0 Å². The van der Waals surface area contributed by atoms with Crippen molar-refractivity contribution in [2.45, 2.75) is 50.3 Å². The maximum Gasteiger partial charge on any atom is 0.240 e. The minimum Gasteiger partial charge on any atom is -0.487 e. The lowest BCUT2D eigenvalue weighted by Gasteiger charge is -2.34. The van der Waals surface area contributed by atoms with Crippen molar-refractivity contribution in [3.8, 4) is 5.75 Å². The molecule has 3 rings (SSSR count). The van der Waals surface area contributed by atoms with Crippen LogP contribution in [0.5, 0.6) is 5.75 Å². The summed E-state index contributed by atoms with van der Waals surface area (Å²) in [5.74, 6) is 1.06. The normalized spacial score (nSPS) is 26.4. The summed E-state index contributed by atoms with van der Waals surface area (Å²) in [5.41, 5.74) is 6.61. The van der Waals surface area contributed by atoms with Crippen LogP contribution in [0.15, 0.2) is 24.3 Å². The average molecular weight is 341 g/mol. The van der Waals surface area contributed by atoms with Gasteiger partial charge in [-0.15, -0.1) is 12.4 Å². The van der Waals surface area contributed by atoms with Gasteiger partial charge in [0, 0.05) is 24.7 Å². The van der Waals surface area contributed by atoms with Gasteiger partial charge < -0.3 is 20.5 Å². The highest BCUT2D eigenvalue weighted by molar-refractivity contribution is 5.86. The van der Waals surface area contributed by atoms with E-state index in [1.807, 2.05) is 25.1 Å². The van der Waals surface area contributed by atoms with E-state index >= 15 is 0 Å². The molecule has 0 aliphatic carbocycles. The first-order valence-electron chi connectivity index (χ1n) is 7.94. The monoisotopic (exact) mass is 340 g/mol. The zero-order valence-corrected chi connectivity index (χ0v) is 14.4. The molecule has 0 radical (unpaired) electrons. The first-order valence-corrected chi connectivity index (χ1v) is 7.94. The number of nitrogens with one attached hydrogen (secondary N) is 1. The number of benzene rings is 1. The summed E-state index contributed by atoms with van der Waals surface area (Å²) in [6, 6.07) is 7.94. The number of hydrogen-bond donors (Lipinski definition) is 2. The largest absolute Gasteiger partial charge is 0.487 e. The summed E-state index contributed by atoms with van der Waals surface area (Å²) in [7, 11) is 0. The highest BCUT2D eigenvalue weighted by Gasteiger charge is 2.40. The van der Waals surface area contributed by atoms with Crippen LogP contribution in [0, 0.1) is 0 Å². The van der Waals surface area contributed by atoms with Gasteiger partial charge in [-0.25, -0.2) is 0 Å². The van der Waals surface area contributed by atoms with Gasteiger partial charge in [0.05, 0.1) is 11.6 Å². The SMILES string of the molecule is CC(NC(=O)C1(N)CCOCC1)C1Oc2ccccc2C1C.Cl. The van der Waals surface area contributed by atoms with E-state index in [4.69, 9.17) is 15.2 Å². The average Bonchev–Trinajstić information content (AvgIpc) is 2.86. The number of hydrogen-bond acceptors (Lipinski definition) is 4. The van der Waals surface area contributed by atoms with Crippen LogP contribution in [0.3, 0.4) is 0 Å². The van der Waals surface area contributed by atoms with Crippen molar-refractivity contribution >= 4 is 18.3 Å². The lowest BCUT2D eigenvalue weighted by Crippen LogP contribution is -2.60. The summed E-state index contributed by atoms with van der Waals surface area (Å²) < 4.78 is 11.3. The molecule has 3 atom stereocenters. The molecule has 3 unspecified atom stereocenters. The molecule has 0 spiro atoms. The van der Waals surface area contributed by atoms with Gasteiger partial charge in [0.2, 0.25) is 5.91 Å². The number of fused-ring (bicyclic) bond motifs is 1. The second kappa shape index (κ2) is 7.07. The Morgan fingerprint density at radius 2 is 2.00 bits per heavy atom. The van der Waals surface area contributed by atoms with E-state index in [9.17, 15) is 4.79 Å². The van der Waals surface area contributed by atoms with Crippen LogP contribution in [-0.2, 0) is 9.53 Å². The molecule has 128 valence electrons. The van der Waals surface area contributed by atoms with Crippen LogP contribution >= 0.6 is 12.4 Å². The Bertz CT molecular complexity index is 561. The Labute approximate surface area is 143 Å². The van der Waals surface area contributed by atoms with Gasteiger partial charge in [-0.1, -0.05) is 25.1 Å². The summed E-state index contributed by atoms with van der Waals surface area (Å²) in [5, 5.41) is 3.05. The molecule has 1 aromatic carbocycles. The molecule has 5 nitrogen and oxygen atoms in total. The number of amides is 1. The maximum absolute atomic E-state index is 12.5. The first-order chi connectivity index (χ1) is 10.5. The third-order valence-corrected chi connectivity index (χ3v) is 4.85. The lowest BCUT2D eigenvalue weighted by atomic mass is 9.89. The second-order valence-electron chi connectivity index (χ2n) is 6.44. The molecular formula is C17H25ClN2O3. The van der Waals surface area contributed by atoms with Crippen LogP contribution in [0.2, 0.25) is 0 Å². The molecule has 1 amide bonds. The number of carbonyl (C=O) groups excluding carboxylic acids is 1. The van der Waals surface area contributed by atoms with E-state index < -0.39 is 5.54 Å². The van der Waals surface area contributed by atoms with Gasteiger partial charge in [-0.3, -0.25) is 4.79 Å². The predicted octanol–water partition coefficient (Wildman–Crippen LogP) is 1.99. The zero-order valence-electron chi connectivity index (χ0n) is 13.6. The summed E-state index contributed by atoms with van der Waals surface area (Å²) in [6.45, 7) is 5.19. The van der Waals surface area contributed by atoms with Crippen LogP contribution in [0.4, 0.5) is 0 Å². The molecule has 3 N–H and O–H groups in total. The summed E-state index contributed by atoms with van der Waals surface area (Å²) in [4.78, 5) is 12.5. The minimum absolute atomic E-state index is 0. The van der Waals surface area contributed by atoms with Gasteiger partial charge >= 0.3 is 0 Å². The van der Waals surface area contributed by atoms with Crippen molar-refractivity contribution in [2.75, 3.05) is 13.2 Å². The van der Waals surface area contributed by atoms with Crippen molar-refractivity contribution in [3.05, 3.63) is 29.8 Å². The molecule has 1 saturated heterocycles. The lowest BCUT2D eigenvalue weighted by molar-refractivity contribution is -0.131. The van der Waals surface area contributed by atoms with Gasteiger partial charge in [-0.2, -0.15) is 0 Å². The molecule has 6 heteroatoms. The van der Waals surface area contributed by atoms with Gasteiger partial charge in [-0.05, 0) is 25.8 Å². The number of carbonyl (C=O) groups is 1. The third-order valence-electron chi connectivity index (χ3n) is 4.85. The second-order valence-corrected chi connectivity index (χ2v) is 6.44. The molecular weight excluding hydrogens is 316 g/mol. The van der Waals surface area contributed by atoms with Crippen molar-refractivity contribution in [3.63, 3.8) is 0 Å². The maximum atomic E-state index is 12.5. The fourth-order valence-corrected chi connectivity index (χ4v) is 3.32. The third kappa shape index (κ3) is 3.47. The predicted molar refractivity (Wildman–Crippen MR) is 91.1 cm³/mol. The van der Waals surface area contributed by atoms with Gasteiger partial charge in [0.15, 0.2) is 0 Å². The molecule has 2 aliphatic rings. The summed E-state index contributed by atoms with van der Waals surface area (Å²) in [6.07, 6.45) is 1.06.